The lowest BCUT2D eigenvalue weighted by molar-refractivity contribution is 0.102. The number of nitrogens with one attached hydrogen (secondary N) is 2. The van der Waals surface area contributed by atoms with Crippen molar-refractivity contribution in [3.8, 4) is 0 Å². The predicted molar refractivity (Wildman–Crippen MR) is 101 cm³/mol. The van der Waals surface area contributed by atoms with Crippen molar-refractivity contribution in [2.24, 2.45) is 0 Å². The van der Waals surface area contributed by atoms with Crippen LogP contribution in [0.4, 0.5) is 17.2 Å². The Morgan fingerprint density at radius 2 is 1.92 bits per heavy atom. The summed E-state index contributed by atoms with van der Waals surface area (Å²) in [5.74, 6) is 0.239. The highest BCUT2D eigenvalue weighted by Gasteiger charge is 2.10. The second-order valence-electron chi connectivity index (χ2n) is 5.39. The number of hydrogen-bond donors (Lipinski definition) is 2. The van der Waals surface area contributed by atoms with Crippen LogP contribution in [0.3, 0.4) is 0 Å². The fraction of sp³-hybridized carbons (Fsp3) is 0.105. The molecule has 3 aromatic rings. The van der Waals surface area contributed by atoms with E-state index in [-0.39, 0.29) is 11.6 Å². The van der Waals surface area contributed by atoms with Gasteiger partial charge in [0.15, 0.2) is 0 Å². The van der Waals surface area contributed by atoms with Gasteiger partial charge in [-0.05, 0) is 36.2 Å². The van der Waals surface area contributed by atoms with Gasteiger partial charge in [0.25, 0.3) is 5.91 Å². The molecule has 126 valence electrons. The van der Waals surface area contributed by atoms with Crippen LogP contribution in [0, 0.1) is 0 Å². The molecule has 5 nitrogen and oxygen atoms in total. The third-order valence-corrected chi connectivity index (χ3v) is 3.88. The number of rotatable bonds is 5. The van der Waals surface area contributed by atoms with Crippen molar-refractivity contribution in [3.05, 3.63) is 77.2 Å². The summed E-state index contributed by atoms with van der Waals surface area (Å²) in [6.07, 6.45) is 2.26. The van der Waals surface area contributed by atoms with E-state index in [1.165, 1.54) is 11.9 Å². The molecule has 1 heterocycles. The topological polar surface area (TPSA) is 66.9 Å². The number of benzene rings is 2. The van der Waals surface area contributed by atoms with Gasteiger partial charge in [-0.1, -0.05) is 42.8 Å². The zero-order valence-electron chi connectivity index (χ0n) is 13.7. The molecule has 0 bridgehead atoms. The van der Waals surface area contributed by atoms with Gasteiger partial charge in [-0.25, -0.2) is 9.97 Å². The van der Waals surface area contributed by atoms with Crippen LogP contribution in [0.25, 0.3) is 0 Å². The molecule has 0 aliphatic rings. The Balaban J connectivity index is 1.78. The number of para-hydroxylation sites is 1. The van der Waals surface area contributed by atoms with Crippen LogP contribution >= 0.6 is 11.6 Å². The smallest absolute Gasteiger partial charge is 0.274 e. The molecule has 0 aliphatic heterocycles. The molecule has 0 saturated carbocycles. The average Bonchev–Trinajstić information content (AvgIpc) is 2.62. The third-order valence-electron chi connectivity index (χ3n) is 3.64. The summed E-state index contributed by atoms with van der Waals surface area (Å²) >= 11 is 5.93. The van der Waals surface area contributed by atoms with E-state index in [0.29, 0.717) is 16.5 Å². The van der Waals surface area contributed by atoms with Crippen molar-refractivity contribution in [2.45, 2.75) is 13.3 Å². The average molecular weight is 353 g/mol. The van der Waals surface area contributed by atoms with Crippen molar-refractivity contribution < 1.29 is 4.79 Å². The van der Waals surface area contributed by atoms with Gasteiger partial charge in [-0.3, -0.25) is 4.79 Å². The Morgan fingerprint density at radius 1 is 1.08 bits per heavy atom. The van der Waals surface area contributed by atoms with Crippen LogP contribution < -0.4 is 10.6 Å². The molecule has 0 atom stereocenters. The maximum Gasteiger partial charge on any atom is 0.274 e. The number of hydrogen-bond acceptors (Lipinski definition) is 4. The molecule has 1 aromatic heterocycles. The lowest BCUT2D eigenvalue weighted by atomic mass is 10.1. The highest BCUT2D eigenvalue weighted by Crippen LogP contribution is 2.20. The first-order chi connectivity index (χ1) is 12.2. The molecule has 0 fully saturated rings. The Hall–Kier alpha value is -2.92. The van der Waals surface area contributed by atoms with Gasteiger partial charge in [0.2, 0.25) is 0 Å². The van der Waals surface area contributed by atoms with Crippen molar-refractivity contribution in [1.82, 2.24) is 9.97 Å². The maximum absolute atomic E-state index is 12.4. The molecule has 0 saturated heterocycles. The fourth-order valence-corrected chi connectivity index (χ4v) is 2.59. The van der Waals surface area contributed by atoms with Crippen molar-refractivity contribution in [3.63, 3.8) is 0 Å². The van der Waals surface area contributed by atoms with Crippen LogP contribution in [-0.4, -0.2) is 15.9 Å². The lowest BCUT2D eigenvalue weighted by Gasteiger charge is -2.11. The van der Waals surface area contributed by atoms with Gasteiger partial charge in [-0.15, -0.1) is 0 Å². The molecule has 0 radical (unpaired) electrons. The highest BCUT2D eigenvalue weighted by atomic mass is 35.5. The summed E-state index contributed by atoms with van der Waals surface area (Å²) in [6.45, 7) is 2.09. The van der Waals surface area contributed by atoms with Crippen LogP contribution in [0.15, 0.2) is 60.9 Å². The maximum atomic E-state index is 12.4. The standard InChI is InChI=1S/C19H17ClN4O/c1-2-13-6-3-4-9-16(13)24-18-11-17(21-12-22-18)19(25)23-15-8-5-7-14(20)10-15/h3-12H,2H2,1H3,(H,23,25)(H,21,22,24). The largest absolute Gasteiger partial charge is 0.340 e. The van der Waals surface area contributed by atoms with E-state index in [9.17, 15) is 4.79 Å². The number of carbonyl (C=O) groups is 1. The Bertz CT molecular complexity index is 898. The van der Waals surface area contributed by atoms with Gasteiger partial charge < -0.3 is 10.6 Å². The zero-order chi connectivity index (χ0) is 17.6. The van der Waals surface area contributed by atoms with E-state index >= 15 is 0 Å². The first-order valence-electron chi connectivity index (χ1n) is 7.89. The van der Waals surface area contributed by atoms with Crippen molar-refractivity contribution >= 4 is 34.7 Å². The minimum Gasteiger partial charge on any atom is -0.340 e. The summed E-state index contributed by atoms with van der Waals surface area (Å²) in [4.78, 5) is 20.6. The summed E-state index contributed by atoms with van der Waals surface area (Å²) in [5.41, 5.74) is 3.02. The summed E-state index contributed by atoms with van der Waals surface area (Å²) in [7, 11) is 0. The van der Waals surface area contributed by atoms with Gasteiger partial charge in [0.1, 0.15) is 17.8 Å². The van der Waals surface area contributed by atoms with E-state index in [1.807, 2.05) is 18.2 Å². The number of carbonyl (C=O) groups excluding carboxylic acids is 1. The second kappa shape index (κ2) is 7.77. The van der Waals surface area contributed by atoms with Gasteiger partial charge in [0, 0.05) is 22.5 Å². The second-order valence-corrected chi connectivity index (χ2v) is 5.83. The number of aryl methyl sites for hydroxylation is 1. The van der Waals surface area contributed by atoms with E-state index < -0.39 is 0 Å². The van der Waals surface area contributed by atoms with Gasteiger partial charge in [-0.2, -0.15) is 0 Å². The molecule has 6 heteroatoms. The zero-order valence-corrected chi connectivity index (χ0v) is 14.4. The number of anilines is 3. The minimum atomic E-state index is -0.323. The summed E-state index contributed by atoms with van der Waals surface area (Å²) in [6, 6.07) is 16.6. The number of halogens is 1. The molecule has 25 heavy (non-hydrogen) atoms. The third kappa shape index (κ3) is 4.33. The van der Waals surface area contributed by atoms with E-state index in [0.717, 1.165) is 12.1 Å². The van der Waals surface area contributed by atoms with Gasteiger partial charge in [0.05, 0.1) is 0 Å². The molecular formula is C19H17ClN4O. The molecule has 2 aromatic carbocycles. The molecule has 1 amide bonds. The van der Waals surface area contributed by atoms with Crippen molar-refractivity contribution in [2.75, 3.05) is 10.6 Å². The minimum absolute atomic E-state index is 0.270. The lowest BCUT2D eigenvalue weighted by Crippen LogP contribution is -2.14. The van der Waals surface area contributed by atoms with Gasteiger partial charge >= 0.3 is 0 Å². The highest BCUT2D eigenvalue weighted by molar-refractivity contribution is 6.30. The number of aromatic nitrogens is 2. The van der Waals surface area contributed by atoms with E-state index in [2.05, 4.69) is 33.6 Å². The molecule has 2 N–H and O–H groups in total. The summed E-state index contributed by atoms with van der Waals surface area (Å²) < 4.78 is 0. The molecule has 3 rings (SSSR count). The SMILES string of the molecule is CCc1ccccc1Nc1cc(C(=O)Nc2cccc(Cl)c2)ncn1. The van der Waals surface area contributed by atoms with E-state index in [4.69, 9.17) is 11.6 Å². The van der Waals surface area contributed by atoms with Crippen LogP contribution in [0.1, 0.15) is 23.0 Å². The first kappa shape index (κ1) is 16.9. The predicted octanol–water partition coefficient (Wildman–Crippen LogP) is 4.69. The quantitative estimate of drug-likeness (QED) is 0.699. The van der Waals surface area contributed by atoms with Crippen LogP contribution in [0.5, 0.6) is 0 Å². The Kier molecular flexibility index (Phi) is 5.26. The molecular weight excluding hydrogens is 336 g/mol. The normalized spacial score (nSPS) is 10.3. The number of nitrogens with zero attached hydrogens (tertiary/aromatic N) is 2. The Labute approximate surface area is 151 Å². The number of amides is 1. The molecule has 0 aliphatic carbocycles. The summed E-state index contributed by atoms with van der Waals surface area (Å²) in [5, 5.41) is 6.57. The van der Waals surface area contributed by atoms with Crippen LogP contribution in [0.2, 0.25) is 5.02 Å². The molecule has 0 unspecified atom stereocenters. The molecule has 0 spiro atoms. The monoisotopic (exact) mass is 352 g/mol. The first-order valence-corrected chi connectivity index (χ1v) is 8.27. The van der Waals surface area contributed by atoms with Crippen LogP contribution in [-0.2, 0) is 6.42 Å². The fourth-order valence-electron chi connectivity index (χ4n) is 2.40. The Morgan fingerprint density at radius 3 is 2.72 bits per heavy atom. The van der Waals surface area contributed by atoms with E-state index in [1.54, 1.807) is 30.3 Å². The van der Waals surface area contributed by atoms with Crippen molar-refractivity contribution in [1.29, 1.82) is 0 Å².